The van der Waals surface area contributed by atoms with E-state index >= 15 is 0 Å². The quantitative estimate of drug-likeness (QED) is 0.371. The Morgan fingerprint density at radius 1 is 0.721 bits per heavy atom. The van der Waals surface area contributed by atoms with Crippen molar-refractivity contribution in [3.63, 3.8) is 0 Å². The van der Waals surface area contributed by atoms with Crippen molar-refractivity contribution in [3.05, 3.63) is 0 Å². The van der Waals surface area contributed by atoms with E-state index in [4.69, 9.17) is 0 Å². The molecule has 0 aliphatic carbocycles. The summed E-state index contributed by atoms with van der Waals surface area (Å²) in [7, 11) is -6.27. The fraction of sp³-hybridized carbons (Fsp3) is 0.931. The van der Waals surface area contributed by atoms with Crippen molar-refractivity contribution in [1.29, 1.82) is 0 Å². The van der Waals surface area contributed by atoms with E-state index < -0.39 is 20.0 Å². The minimum Gasteiger partial charge on any atom is -0.339 e. The first kappa shape index (κ1) is 43.2. The van der Waals surface area contributed by atoms with E-state index in [2.05, 4.69) is 19.2 Å². The molecule has 0 saturated carbocycles. The monoisotopic (exact) mass is 799 g/mol. The zero-order valence-corrected chi connectivity index (χ0v) is 32.4. The third kappa shape index (κ3) is 13.5. The molecule has 10 nitrogen and oxygen atoms in total. The second-order valence-corrected chi connectivity index (χ2v) is 16.3. The van der Waals surface area contributed by atoms with Crippen LogP contribution in [0.1, 0.15) is 98.8 Å². The first-order valence-corrected chi connectivity index (χ1v) is 19.1. The van der Waals surface area contributed by atoms with Gasteiger partial charge in [0.05, 0.1) is 17.4 Å². The van der Waals surface area contributed by atoms with Crippen molar-refractivity contribution in [3.8, 4) is 0 Å². The summed E-state index contributed by atoms with van der Waals surface area (Å²) in [5.74, 6) is 0.279. The largest absolute Gasteiger partial charge is 0.339 e. The van der Waals surface area contributed by atoms with E-state index in [0.29, 0.717) is 32.2 Å². The standard InChI is InChI=1S/C14H26N2O3S.C9H17NO3S.C6H13N.HI.V/c1-3-13-8-6-10-16(13)14(17)12-7-5-9-15(11-12)20(18,19)4-2;1-3-14(12,13)10-6-4-5-9(7-10)8(2)11;1-2-6-4-3-5-7-6;;/h12-13H,3-11H2,1-2H3;9H,3-7H2,1-2H3;6-7H,2-5H2,1H3;1H;. The molecule has 4 fully saturated rings. The van der Waals surface area contributed by atoms with Crippen LogP contribution in [-0.4, -0.2) is 105 Å². The van der Waals surface area contributed by atoms with E-state index in [9.17, 15) is 26.4 Å². The number of nitrogens with zero attached hydrogens (tertiary/aromatic N) is 3. The van der Waals surface area contributed by atoms with Crippen LogP contribution in [0.4, 0.5) is 0 Å². The predicted molar refractivity (Wildman–Crippen MR) is 180 cm³/mol. The van der Waals surface area contributed by atoms with Crippen LogP contribution >= 0.6 is 24.0 Å². The molecule has 14 heteroatoms. The topological polar surface area (TPSA) is 124 Å². The van der Waals surface area contributed by atoms with Gasteiger partial charge in [0.1, 0.15) is 5.78 Å². The number of carbonyl (C=O) groups excluding carboxylic acids is 2. The van der Waals surface area contributed by atoms with Crippen LogP contribution in [0.15, 0.2) is 0 Å². The van der Waals surface area contributed by atoms with Gasteiger partial charge in [-0.1, -0.05) is 13.8 Å². The minimum atomic E-state index is -3.17. The Labute approximate surface area is 291 Å². The Hall–Kier alpha value is 0.234. The third-order valence-corrected chi connectivity index (χ3v) is 12.7. The summed E-state index contributed by atoms with van der Waals surface area (Å²) in [5.41, 5.74) is 0. The van der Waals surface area contributed by atoms with Gasteiger partial charge >= 0.3 is 0 Å². The molecule has 4 atom stereocenters. The maximum absolute atomic E-state index is 12.6. The molecule has 0 bridgehead atoms. The molecule has 253 valence electrons. The van der Waals surface area contributed by atoms with Crippen LogP contribution in [0.5, 0.6) is 0 Å². The molecule has 0 spiro atoms. The number of piperidine rings is 2. The molecule has 4 aliphatic rings. The molecule has 43 heavy (non-hydrogen) atoms. The number of likely N-dealkylation sites (tertiary alicyclic amines) is 1. The molecule has 0 aromatic heterocycles. The van der Waals surface area contributed by atoms with Crippen LogP contribution in [0.3, 0.4) is 0 Å². The maximum Gasteiger partial charge on any atom is 0.227 e. The molecule has 1 N–H and O–H groups in total. The van der Waals surface area contributed by atoms with Gasteiger partial charge in [-0.25, -0.2) is 25.4 Å². The van der Waals surface area contributed by atoms with Crippen molar-refractivity contribution in [2.45, 2.75) is 111 Å². The summed E-state index contributed by atoms with van der Waals surface area (Å²) in [6, 6.07) is 1.21. The van der Waals surface area contributed by atoms with Crippen LogP contribution in [0.2, 0.25) is 0 Å². The number of hydrogen-bond acceptors (Lipinski definition) is 7. The fourth-order valence-electron chi connectivity index (χ4n) is 6.18. The van der Waals surface area contributed by atoms with E-state index in [1.807, 2.05) is 4.90 Å². The SMILES string of the molecule is CCC1CCCN1.CCC1CCCN1C(=O)C1CCCN(S(=O)(=O)CC)C1.CCS(=O)(=O)N1CCCC(C(C)=O)C1.I.[V]. The molecule has 4 unspecified atom stereocenters. The normalized spacial score (nSPS) is 26.6. The van der Waals surface area contributed by atoms with Gasteiger partial charge in [-0.3, -0.25) is 9.59 Å². The second kappa shape index (κ2) is 21.2. The van der Waals surface area contributed by atoms with Crippen molar-refractivity contribution < 1.29 is 45.0 Å². The molecule has 0 aromatic rings. The molecular weight excluding hydrogens is 742 g/mol. The van der Waals surface area contributed by atoms with Gasteiger partial charge in [0.15, 0.2) is 0 Å². The van der Waals surface area contributed by atoms with Crippen molar-refractivity contribution >= 4 is 55.7 Å². The minimum absolute atomic E-state index is 0. The van der Waals surface area contributed by atoms with Gasteiger partial charge in [-0.15, -0.1) is 24.0 Å². The Balaban J connectivity index is 0.000000668. The smallest absolute Gasteiger partial charge is 0.227 e. The number of sulfonamides is 2. The Morgan fingerprint density at radius 2 is 1.23 bits per heavy atom. The van der Waals surface area contributed by atoms with Crippen LogP contribution in [0.25, 0.3) is 0 Å². The first-order chi connectivity index (χ1) is 19.4. The average molecular weight is 800 g/mol. The molecule has 4 rings (SSSR count). The van der Waals surface area contributed by atoms with Crippen LogP contribution < -0.4 is 5.32 Å². The van der Waals surface area contributed by atoms with Gasteiger partial charge in [-0.05, 0) is 91.5 Å². The number of rotatable bonds is 8. The van der Waals surface area contributed by atoms with Gasteiger partial charge in [0, 0.05) is 69.3 Å². The Bertz CT molecular complexity index is 1040. The van der Waals surface area contributed by atoms with Crippen LogP contribution in [0, 0.1) is 11.8 Å². The van der Waals surface area contributed by atoms with E-state index in [-0.39, 0.29) is 77.6 Å². The number of amides is 1. The zero-order valence-electron chi connectivity index (χ0n) is 27.0. The van der Waals surface area contributed by atoms with Gasteiger partial charge in [0.25, 0.3) is 0 Å². The van der Waals surface area contributed by atoms with E-state index in [0.717, 1.165) is 57.5 Å². The van der Waals surface area contributed by atoms with Gasteiger partial charge in [-0.2, -0.15) is 0 Å². The number of Topliss-reactive ketones (excluding diaryl/α,β-unsaturated/α-hetero) is 1. The summed E-state index contributed by atoms with van der Waals surface area (Å²) in [6.45, 7) is 13.2. The third-order valence-electron chi connectivity index (χ3n) is 9.00. The van der Waals surface area contributed by atoms with Gasteiger partial charge in [0.2, 0.25) is 26.0 Å². The van der Waals surface area contributed by atoms with Crippen molar-refractivity contribution in [2.24, 2.45) is 11.8 Å². The summed E-state index contributed by atoms with van der Waals surface area (Å²) in [6.07, 6.45) is 10.5. The number of ketones is 1. The number of nitrogens with one attached hydrogen (secondary N) is 1. The number of halogens is 1. The molecule has 4 heterocycles. The molecule has 0 aromatic carbocycles. The summed E-state index contributed by atoms with van der Waals surface area (Å²) in [4.78, 5) is 25.8. The Morgan fingerprint density at radius 3 is 1.65 bits per heavy atom. The van der Waals surface area contributed by atoms with Gasteiger partial charge < -0.3 is 10.2 Å². The van der Waals surface area contributed by atoms with Crippen molar-refractivity contribution in [2.75, 3.05) is 50.8 Å². The maximum atomic E-state index is 12.6. The van der Waals surface area contributed by atoms with Crippen molar-refractivity contribution in [1.82, 2.24) is 18.8 Å². The number of carbonyl (C=O) groups is 2. The summed E-state index contributed by atoms with van der Waals surface area (Å²) < 4.78 is 50.0. The Kier molecular flexibility index (Phi) is 21.3. The van der Waals surface area contributed by atoms with E-state index in [1.54, 1.807) is 13.8 Å². The summed E-state index contributed by atoms with van der Waals surface area (Å²) >= 11 is 0. The molecule has 4 aliphatic heterocycles. The average Bonchev–Trinajstić information content (AvgIpc) is 3.70. The molecular formula is C29H57IN4O6S2V. The summed E-state index contributed by atoms with van der Waals surface area (Å²) in [5, 5.41) is 3.41. The van der Waals surface area contributed by atoms with Crippen LogP contribution in [-0.2, 0) is 48.2 Å². The van der Waals surface area contributed by atoms with E-state index in [1.165, 1.54) is 41.3 Å². The molecule has 1 amide bonds. The first-order valence-electron chi connectivity index (χ1n) is 15.9. The predicted octanol–water partition coefficient (Wildman–Crippen LogP) is 3.85. The molecule has 4 saturated heterocycles. The second-order valence-electron chi connectivity index (χ2n) is 11.7. The zero-order chi connectivity index (χ0) is 30.6. The fourth-order valence-corrected chi connectivity index (χ4v) is 8.54. The number of hydrogen-bond donors (Lipinski definition) is 1. The molecule has 1 radical (unpaired) electrons.